The Bertz CT molecular complexity index is 588. The van der Waals surface area contributed by atoms with Crippen LogP contribution in [0.3, 0.4) is 0 Å². The van der Waals surface area contributed by atoms with Gasteiger partial charge in [0, 0.05) is 0 Å². The van der Waals surface area contributed by atoms with Crippen LogP contribution < -0.4 is 0 Å². The lowest BCUT2D eigenvalue weighted by Crippen LogP contribution is -2.13. The average Bonchev–Trinajstić information content (AvgIpc) is 3.40. The van der Waals surface area contributed by atoms with Crippen LogP contribution >= 0.6 is 0 Å². The summed E-state index contributed by atoms with van der Waals surface area (Å²) in [6, 6.07) is 0. The molecule has 0 bridgehead atoms. The van der Waals surface area contributed by atoms with Crippen LogP contribution in [0.2, 0.25) is 0 Å². The van der Waals surface area contributed by atoms with Gasteiger partial charge in [0.2, 0.25) is 0 Å². The van der Waals surface area contributed by atoms with Crippen molar-refractivity contribution in [3.05, 3.63) is 33.4 Å². The number of ether oxygens (including phenoxy) is 3. The average molecular weight is 327 g/mol. The molecule has 1 aromatic carbocycles. The molecule has 3 saturated heterocycles. The first-order valence-electron chi connectivity index (χ1n) is 8.12. The summed E-state index contributed by atoms with van der Waals surface area (Å²) < 4.78 is 16.9. The fourth-order valence-electron chi connectivity index (χ4n) is 3.64. The molecule has 3 aliphatic rings. The number of hydrogen-bond acceptors (Lipinski definition) is 6. The zero-order valence-corrected chi connectivity index (χ0v) is 13.7. The Labute approximate surface area is 141 Å². The molecule has 3 atom stereocenters. The Hall–Kier alpha value is -1.89. The van der Waals surface area contributed by atoms with Crippen LogP contribution in [-0.4, -0.2) is 40.0 Å². The van der Waals surface area contributed by atoms with E-state index in [9.17, 15) is 0 Å². The summed E-state index contributed by atoms with van der Waals surface area (Å²) in [6.07, 6.45) is 0.290. The zero-order valence-electron chi connectivity index (χ0n) is 13.7. The maximum Gasteiger partial charge on any atom is 0.107 e. The van der Waals surface area contributed by atoms with Crippen molar-refractivity contribution in [3.8, 4) is 0 Å². The number of rotatable bonds is 9. The third-order valence-corrected chi connectivity index (χ3v) is 4.73. The highest BCUT2D eigenvalue weighted by Gasteiger charge is 2.42. The van der Waals surface area contributed by atoms with E-state index in [1.165, 1.54) is 16.7 Å². The van der Waals surface area contributed by atoms with Crippen molar-refractivity contribution < 1.29 is 14.2 Å². The summed E-state index contributed by atoms with van der Waals surface area (Å²) >= 11 is 0. The van der Waals surface area contributed by atoms with E-state index in [-0.39, 0.29) is 18.3 Å². The maximum atomic E-state index is 5.64. The normalized spacial score (nSPS) is 26.8. The Morgan fingerprint density at radius 3 is 1.04 bits per heavy atom. The molecule has 6 heteroatoms. The minimum atomic E-state index is 0.0965. The molecule has 4 rings (SSSR count). The van der Waals surface area contributed by atoms with Gasteiger partial charge >= 0.3 is 0 Å². The lowest BCUT2D eigenvalue weighted by Gasteiger charge is -2.23. The van der Waals surface area contributed by atoms with Crippen molar-refractivity contribution in [2.45, 2.75) is 37.9 Å². The molecular weight excluding hydrogens is 306 g/mol. The molecule has 0 radical (unpaired) electrons. The lowest BCUT2D eigenvalue weighted by atomic mass is 9.82. The third kappa shape index (κ3) is 2.70. The molecule has 24 heavy (non-hydrogen) atoms. The highest BCUT2D eigenvalue weighted by atomic mass is 16.6. The van der Waals surface area contributed by atoms with Crippen molar-refractivity contribution >= 4 is 20.2 Å². The summed E-state index contributed by atoms with van der Waals surface area (Å²) in [5.74, 6) is 0. The van der Waals surface area contributed by atoms with E-state index in [0.717, 1.165) is 36.5 Å². The van der Waals surface area contributed by atoms with Crippen LogP contribution in [0.1, 0.15) is 51.7 Å². The number of nitrogens with zero attached hydrogens (tertiary/aromatic N) is 3. The molecule has 3 aliphatic heterocycles. The molecule has 0 aliphatic carbocycles. The number of hydrogen-bond donors (Lipinski definition) is 0. The number of epoxide rings is 3. The minimum absolute atomic E-state index is 0.0965. The summed E-state index contributed by atoms with van der Waals surface area (Å²) in [6.45, 7) is 14.8. The third-order valence-electron chi connectivity index (χ3n) is 4.73. The Balaban J connectivity index is 2.01. The predicted octanol–water partition coefficient (Wildman–Crippen LogP) is 2.50. The maximum absolute atomic E-state index is 5.64. The molecule has 1 aromatic rings. The van der Waals surface area contributed by atoms with Crippen molar-refractivity contribution in [2.75, 3.05) is 19.8 Å². The van der Waals surface area contributed by atoms with Crippen molar-refractivity contribution in [3.63, 3.8) is 0 Å². The molecule has 0 aromatic heterocycles. The van der Waals surface area contributed by atoms with E-state index in [4.69, 9.17) is 14.2 Å². The highest BCUT2D eigenvalue weighted by molar-refractivity contribution is 5.57. The fourth-order valence-corrected chi connectivity index (χ4v) is 3.64. The summed E-state index contributed by atoms with van der Waals surface area (Å²) in [5, 5.41) is 0. The van der Waals surface area contributed by atoms with Crippen LogP contribution in [0.4, 0.5) is 0 Å². The van der Waals surface area contributed by atoms with Crippen LogP contribution in [0, 0.1) is 0 Å². The highest BCUT2D eigenvalue weighted by Crippen LogP contribution is 2.49. The predicted molar refractivity (Wildman–Crippen MR) is 92.3 cm³/mol. The second kappa shape index (κ2) is 6.20. The van der Waals surface area contributed by atoms with Crippen molar-refractivity contribution in [1.29, 1.82) is 0 Å². The first-order valence-corrected chi connectivity index (χ1v) is 8.12. The van der Waals surface area contributed by atoms with Crippen LogP contribution in [-0.2, 0) is 33.8 Å². The monoisotopic (exact) mass is 327 g/mol. The van der Waals surface area contributed by atoms with E-state index in [1.807, 2.05) is 0 Å². The molecule has 0 spiro atoms. The standard InChI is InChI=1S/C18H21N3O3/c1-19-4-10-16(13-7-22-13)11(5-20-2)18(15-9-24-15)12(6-21-3)17(10)14-8-23-14/h13-15H,1-9H2/t13-,14?,15?/m1/s1. The second-order valence-electron chi connectivity index (χ2n) is 6.29. The Morgan fingerprint density at radius 2 is 0.875 bits per heavy atom. The van der Waals surface area contributed by atoms with E-state index >= 15 is 0 Å². The topological polar surface area (TPSA) is 74.7 Å². The lowest BCUT2D eigenvalue weighted by molar-refractivity contribution is 0.399. The van der Waals surface area contributed by atoms with E-state index in [2.05, 4.69) is 35.1 Å². The number of benzene rings is 1. The molecule has 3 heterocycles. The molecule has 2 unspecified atom stereocenters. The van der Waals surface area contributed by atoms with Gasteiger partial charge in [-0.3, -0.25) is 15.0 Å². The molecule has 0 N–H and O–H groups in total. The van der Waals surface area contributed by atoms with E-state index < -0.39 is 0 Å². The van der Waals surface area contributed by atoms with E-state index in [1.54, 1.807) is 0 Å². The van der Waals surface area contributed by atoms with Gasteiger partial charge < -0.3 is 14.2 Å². The van der Waals surface area contributed by atoms with Gasteiger partial charge in [-0.1, -0.05) is 0 Å². The van der Waals surface area contributed by atoms with Gasteiger partial charge in [0.1, 0.15) is 18.3 Å². The molecule has 0 amide bonds. The van der Waals surface area contributed by atoms with Crippen LogP contribution in [0.25, 0.3) is 0 Å². The Morgan fingerprint density at radius 1 is 0.625 bits per heavy atom. The van der Waals surface area contributed by atoms with Gasteiger partial charge in [0.15, 0.2) is 0 Å². The second-order valence-corrected chi connectivity index (χ2v) is 6.29. The molecule has 0 saturated carbocycles. The molecule has 3 fully saturated rings. The number of aliphatic imine (C=N–C) groups is 3. The van der Waals surface area contributed by atoms with Crippen LogP contribution in [0.5, 0.6) is 0 Å². The molecule has 6 nitrogen and oxygen atoms in total. The molecule has 126 valence electrons. The first-order chi connectivity index (χ1) is 11.8. The minimum Gasteiger partial charge on any atom is -0.368 e. The quantitative estimate of drug-likeness (QED) is 0.516. The summed E-state index contributed by atoms with van der Waals surface area (Å²) in [5.41, 5.74) is 6.99. The fraction of sp³-hybridized carbons (Fsp3) is 0.500. The van der Waals surface area contributed by atoms with Gasteiger partial charge in [0.05, 0.1) is 39.5 Å². The zero-order chi connectivity index (χ0) is 16.7. The first kappa shape index (κ1) is 15.6. The Kier molecular flexibility index (Phi) is 4.04. The largest absolute Gasteiger partial charge is 0.368 e. The van der Waals surface area contributed by atoms with E-state index in [0.29, 0.717) is 19.6 Å². The van der Waals surface area contributed by atoms with Crippen molar-refractivity contribution in [1.82, 2.24) is 0 Å². The van der Waals surface area contributed by atoms with Gasteiger partial charge in [-0.15, -0.1) is 0 Å². The van der Waals surface area contributed by atoms with Crippen LogP contribution in [0.15, 0.2) is 15.0 Å². The summed E-state index contributed by atoms with van der Waals surface area (Å²) in [7, 11) is 0. The van der Waals surface area contributed by atoms with Gasteiger partial charge in [-0.2, -0.15) is 0 Å². The van der Waals surface area contributed by atoms with Gasteiger partial charge in [0.25, 0.3) is 0 Å². The van der Waals surface area contributed by atoms with Gasteiger partial charge in [-0.05, 0) is 53.5 Å². The van der Waals surface area contributed by atoms with Crippen molar-refractivity contribution in [2.24, 2.45) is 15.0 Å². The molecular formula is C18H21N3O3. The SMILES string of the molecule is C=NCc1c(C2CO2)c(CN=C)c([C@H]2CO2)c(CN=C)c1C1CO1. The van der Waals surface area contributed by atoms with Gasteiger partial charge in [-0.25, -0.2) is 0 Å². The smallest absolute Gasteiger partial charge is 0.107 e. The summed E-state index contributed by atoms with van der Waals surface area (Å²) in [4.78, 5) is 12.5.